The largest absolute Gasteiger partial charge is 0.292 e. The highest BCUT2D eigenvalue weighted by atomic mass is 35.5. The zero-order chi connectivity index (χ0) is 21.2. The quantitative estimate of drug-likeness (QED) is 0.557. The highest BCUT2D eigenvalue weighted by Crippen LogP contribution is 2.48. The molecule has 3 saturated heterocycles. The molecule has 6 heteroatoms. The van der Waals surface area contributed by atoms with Crippen molar-refractivity contribution in [1.82, 2.24) is 4.90 Å². The normalized spacial score (nSPS) is 28.2. The van der Waals surface area contributed by atoms with E-state index >= 15 is 0 Å². The molecule has 5 nitrogen and oxygen atoms in total. The number of benzene rings is 2. The number of Topliss-reactive ketones (excluding diaryl/α,β-unsaturated/α-hetero) is 1. The monoisotopic (exact) mass is 422 g/mol. The Kier molecular flexibility index (Phi) is 4.56. The summed E-state index contributed by atoms with van der Waals surface area (Å²) in [5.74, 6) is -1.61. The molecule has 4 atom stereocenters. The van der Waals surface area contributed by atoms with Crippen LogP contribution in [0.2, 0.25) is 5.02 Å². The lowest BCUT2D eigenvalue weighted by Gasteiger charge is -2.27. The third-order valence-corrected chi connectivity index (χ3v) is 7.25. The fourth-order valence-electron chi connectivity index (χ4n) is 5.42. The molecule has 0 N–H and O–H groups in total. The van der Waals surface area contributed by atoms with Crippen molar-refractivity contribution < 1.29 is 14.4 Å². The van der Waals surface area contributed by atoms with Crippen LogP contribution in [0.1, 0.15) is 34.3 Å². The van der Waals surface area contributed by atoms with Gasteiger partial charge in [-0.05, 0) is 80.8 Å². The van der Waals surface area contributed by atoms with Crippen LogP contribution in [0.25, 0.3) is 0 Å². The smallest absolute Gasteiger partial charge is 0.239 e. The highest BCUT2D eigenvalue weighted by molar-refractivity contribution is 6.30. The van der Waals surface area contributed by atoms with Crippen LogP contribution < -0.4 is 4.90 Å². The highest BCUT2D eigenvalue weighted by Gasteiger charge is 2.64. The van der Waals surface area contributed by atoms with Gasteiger partial charge in [0.1, 0.15) is 0 Å². The number of hydrogen-bond acceptors (Lipinski definition) is 4. The molecule has 0 radical (unpaired) electrons. The van der Waals surface area contributed by atoms with E-state index in [-0.39, 0.29) is 23.6 Å². The first kappa shape index (κ1) is 19.5. The summed E-state index contributed by atoms with van der Waals surface area (Å²) in [6.45, 7) is 4.71. The van der Waals surface area contributed by atoms with E-state index in [0.29, 0.717) is 16.3 Å². The van der Waals surface area contributed by atoms with Crippen molar-refractivity contribution in [3.63, 3.8) is 0 Å². The number of halogens is 1. The summed E-state index contributed by atoms with van der Waals surface area (Å²) in [5, 5.41) is 0.558. The maximum atomic E-state index is 13.5. The van der Waals surface area contributed by atoms with E-state index in [1.807, 2.05) is 32.0 Å². The Hall–Kier alpha value is -2.50. The van der Waals surface area contributed by atoms with Gasteiger partial charge in [-0.2, -0.15) is 0 Å². The van der Waals surface area contributed by atoms with Gasteiger partial charge in [0.05, 0.1) is 23.6 Å². The SMILES string of the molecule is Cc1ccc(N2C(=O)[C@@H]3[C@@H](C2=O)[C@@H](C(=O)c2ccc(Cl)cc2)N2CCC[C@H]32)cc1C. The first-order valence-corrected chi connectivity index (χ1v) is 10.8. The van der Waals surface area contributed by atoms with Gasteiger partial charge < -0.3 is 0 Å². The Bertz CT molecular complexity index is 1060. The number of ketones is 1. The van der Waals surface area contributed by atoms with Crippen LogP contribution in [0.4, 0.5) is 5.69 Å². The van der Waals surface area contributed by atoms with Crippen molar-refractivity contribution >= 4 is 34.9 Å². The maximum absolute atomic E-state index is 13.5. The molecule has 5 rings (SSSR count). The van der Waals surface area contributed by atoms with E-state index in [2.05, 4.69) is 4.90 Å². The topological polar surface area (TPSA) is 57.7 Å². The van der Waals surface area contributed by atoms with Crippen LogP contribution >= 0.6 is 11.6 Å². The van der Waals surface area contributed by atoms with Gasteiger partial charge in [0.15, 0.2) is 5.78 Å². The average Bonchev–Trinajstić information content (AvgIpc) is 3.36. The van der Waals surface area contributed by atoms with Gasteiger partial charge in [0.2, 0.25) is 11.8 Å². The second kappa shape index (κ2) is 7.03. The molecule has 2 amide bonds. The van der Waals surface area contributed by atoms with Gasteiger partial charge >= 0.3 is 0 Å². The first-order valence-electron chi connectivity index (χ1n) is 10.4. The van der Waals surface area contributed by atoms with E-state index in [9.17, 15) is 14.4 Å². The summed E-state index contributed by atoms with van der Waals surface area (Å²) < 4.78 is 0. The van der Waals surface area contributed by atoms with Crippen LogP contribution in [0.15, 0.2) is 42.5 Å². The van der Waals surface area contributed by atoms with Crippen LogP contribution in [0.5, 0.6) is 0 Å². The minimum absolute atomic E-state index is 0.0516. The summed E-state index contributed by atoms with van der Waals surface area (Å²) in [6, 6.07) is 11.8. The predicted octanol–water partition coefficient (Wildman–Crippen LogP) is 3.79. The molecule has 0 aromatic heterocycles. The molecule has 154 valence electrons. The minimum atomic E-state index is -0.632. The summed E-state index contributed by atoms with van der Waals surface area (Å²) in [6.07, 6.45) is 1.77. The molecule has 3 heterocycles. The molecule has 0 bridgehead atoms. The van der Waals surface area contributed by atoms with E-state index in [4.69, 9.17) is 11.6 Å². The van der Waals surface area contributed by atoms with Crippen molar-refractivity contribution in [3.8, 4) is 0 Å². The van der Waals surface area contributed by atoms with Crippen LogP contribution in [-0.4, -0.2) is 41.1 Å². The molecule has 2 aromatic carbocycles. The lowest BCUT2D eigenvalue weighted by Crippen LogP contribution is -2.46. The number of rotatable bonds is 3. The third kappa shape index (κ3) is 2.76. The first-order chi connectivity index (χ1) is 14.4. The summed E-state index contributed by atoms with van der Waals surface area (Å²) in [5.41, 5.74) is 3.27. The minimum Gasteiger partial charge on any atom is -0.292 e. The van der Waals surface area contributed by atoms with Crippen molar-refractivity contribution in [2.45, 2.75) is 38.8 Å². The Labute approximate surface area is 180 Å². The Morgan fingerprint density at radius 3 is 2.37 bits per heavy atom. The molecule has 0 aliphatic carbocycles. The van der Waals surface area contributed by atoms with Crippen LogP contribution in [0.3, 0.4) is 0 Å². The molecule has 0 saturated carbocycles. The molecule has 0 unspecified atom stereocenters. The fraction of sp³-hybridized carbons (Fsp3) is 0.375. The third-order valence-electron chi connectivity index (χ3n) is 7.00. The lowest BCUT2D eigenvalue weighted by molar-refractivity contribution is -0.123. The Morgan fingerprint density at radius 1 is 0.967 bits per heavy atom. The molecule has 30 heavy (non-hydrogen) atoms. The molecular weight excluding hydrogens is 400 g/mol. The predicted molar refractivity (Wildman–Crippen MR) is 115 cm³/mol. The van der Waals surface area contributed by atoms with Gasteiger partial charge in [-0.25, -0.2) is 4.90 Å². The number of imide groups is 1. The number of hydrogen-bond donors (Lipinski definition) is 0. The van der Waals surface area contributed by atoms with E-state index < -0.39 is 17.9 Å². The van der Waals surface area contributed by atoms with Crippen molar-refractivity contribution in [3.05, 3.63) is 64.2 Å². The number of nitrogens with zero attached hydrogens (tertiary/aromatic N) is 2. The zero-order valence-corrected chi connectivity index (χ0v) is 17.7. The summed E-state index contributed by atoms with van der Waals surface area (Å²) in [7, 11) is 0. The molecule has 3 fully saturated rings. The fourth-order valence-corrected chi connectivity index (χ4v) is 5.55. The number of fused-ring (bicyclic) bond motifs is 3. The molecule has 2 aromatic rings. The summed E-state index contributed by atoms with van der Waals surface area (Å²) in [4.78, 5) is 43.9. The molecule has 0 spiro atoms. The molecule has 3 aliphatic heterocycles. The number of carbonyl (C=O) groups is 3. The second-order valence-corrected chi connectivity index (χ2v) is 9.03. The second-order valence-electron chi connectivity index (χ2n) is 8.60. The molecular formula is C24H23ClN2O3. The standard InChI is InChI=1S/C24H23ClN2O3/c1-13-5-10-17(12-14(13)2)27-23(29)19-18-4-3-11-26(18)21(20(19)24(27)30)22(28)15-6-8-16(25)9-7-15/h5-10,12,18-21H,3-4,11H2,1-2H3/t18-,19+,20-,21+/m1/s1. The van der Waals surface area contributed by atoms with Crippen molar-refractivity contribution in [2.24, 2.45) is 11.8 Å². The van der Waals surface area contributed by atoms with Gasteiger partial charge in [-0.1, -0.05) is 17.7 Å². The molecule has 3 aliphatic rings. The van der Waals surface area contributed by atoms with E-state index in [0.717, 1.165) is 30.5 Å². The summed E-state index contributed by atoms with van der Waals surface area (Å²) >= 11 is 5.98. The van der Waals surface area contributed by atoms with Crippen LogP contribution in [-0.2, 0) is 9.59 Å². The Morgan fingerprint density at radius 2 is 1.67 bits per heavy atom. The van der Waals surface area contributed by atoms with Gasteiger partial charge in [0, 0.05) is 16.6 Å². The lowest BCUT2D eigenvalue weighted by atomic mass is 9.85. The number of amides is 2. The van der Waals surface area contributed by atoms with E-state index in [1.165, 1.54) is 4.90 Å². The Balaban J connectivity index is 1.55. The number of anilines is 1. The van der Waals surface area contributed by atoms with Crippen LogP contribution in [0, 0.1) is 25.7 Å². The average molecular weight is 423 g/mol. The van der Waals surface area contributed by atoms with Crippen molar-refractivity contribution in [1.29, 1.82) is 0 Å². The number of aryl methyl sites for hydroxylation is 2. The van der Waals surface area contributed by atoms with Gasteiger partial charge in [0.25, 0.3) is 0 Å². The zero-order valence-electron chi connectivity index (χ0n) is 17.0. The number of carbonyl (C=O) groups excluding carboxylic acids is 3. The van der Waals surface area contributed by atoms with Crippen molar-refractivity contribution in [2.75, 3.05) is 11.4 Å². The van der Waals surface area contributed by atoms with Gasteiger partial charge in [-0.3, -0.25) is 19.3 Å². The van der Waals surface area contributed by atoms with E-state index in [1.54, 1.807) is 24.3 Å². The maximum Gasteiger partial charge on any atom is 0.239 e. The van der Waals surface area contributed by atoms with Gasteiger partial charge in [-0.15, -0.1) is 0 Å².